The van der Waals surface area contributed by atoms with Crippen molar-refractivity contribution in [1.29, 1.82) is 0 Å². The predicted octanol–water partition coefficient (Wildman–Crippen LogP) is -2.18. The molecule has 0 bridgehead atoms. The van der Waals surface area contributed by atoms with Crippen molar-refractivity contribution in [3.63, 3.8) is 0 Å². The molecule has 2 heterocycles. The maximum Gasteiger partial charge on any atom is 0.351 e. The van der Waals surface area contributed by atoms with Crippen molar-refractivity contribution in [3.05, 3.63) is 22.2 Å². The number of ether oxygens (including phenoxy) is 1. The van der Waals surface area contributed by atoms with Gasteiger partial charge < -0.3 is 20.7 Å². The Kier molecular flexibility index (Phi) is 4.76. The lowest BCUT2D eigenvalue weighted by molar-refractivity contribution is -0.148. The van der Waals surface area contributed by atoms with Crippen LogP contribution in [0.3, 0.4) is 0 Å². The van der Waals surface area contributed by atoms with Gasteiger partial charge in [0.15, 0.2) is 12.3 Å². The molecule has 10 nitrogen and oxygen atoms in total. The zero-order valence-electron chi connectivity index (χ0n) is 12.1. The topological polar surface area (TPSA) is 149 Å². The van der Waals surface area contributed by atoms with E-state index in [0.29, 0.717) is 5.56 Å². The number of nitrogens with two attached hydrogens (primary N) is 1. The van der Waals surface area contributed by atoms with Crippen molar-refractivity contribution >= 4 is 11.7 Å². The molecule has 0 aliphatic carbocycles. The van der Waals surface area contributed by atoms with Crippen LogP contribution < -0.4 is 16.9 Å². The molecule has 2 unspecified atom stereocenters. The van der Waals surface area contributed by atoms with Crippen molar-refractivity contribution in [2.45, 2.75) is 38.4 Å². The van der Waals surface area contributed by atoms with Crippen molar-refractivity contribution in [1.82, 2.24) is 15.0 Å². The van der Waals surface area contributed by atoms with E-state index in [4.69, 9.17) is 15.3 Å². The number of hydrogen-bond acceptors (Lipinski definition) is 8. The van der Waals surface area contributed by atoms with Gasteiger partial charge in [-0.05, 0) is 6.92 Å². The molecule has 0 saturated carbocycles. The zero-order chi connectivity index (χ0) is 16.4. The highest BCUT2D eigenvalue weighted by Crippen LogP contribution is 2.30. The van der Waals surface area contributed by atoms with Crippen molar-refractivity contribution in [2.24, 2.45) is 0 Å². The molecule has 0 aromatic carbocycles. The molecule has 1 aromatic heterocycles. The quantitative estimate of drug-likeness (QED) is 0.458. The highest BCUT2D eigenvalue weighted by Gasteiger charge is 2.46. The molecule has 4 atom stereocenters. The van der Waals surface area contributed by atoms with E-state index in [2.05, 4.69) is 10.5 Å². The number of nitrogens with one attached hydrogen (secondary N) is 1. The number of hydrogen-bond donors (Lipinski definition) is 4. The van der Waals surface area contributed by atoms with Crippen LogP contribution in [0.4, 0.5) is 5.82 Å². The number of hydroxylamine groups is 1. The van der Waals surface area contributed by atoms with E-state index >= 15 is 0 Å². The van der Waals surface area contributed by atoms with E-state index in [1.165, 1.54) is 13.1 Å². The molecule has 0 radical (unpaired) electrons. The predicted molar refractivity (Wildman–Crippen MR) is 73.3 cm³/mol. The molecule has 2 rings (SSSR count). The van der Waals surface area contributed by atoms with Crippen LogP contribution in [0.1, 0.15) is 18.7 Å². The average Bonchev–Trinajstić information content (AvgIpc) is 2.76. The second-order valence-electron chi connectivity index (χ2n) is 4.98. The zero-order valence-corrected chi connectivity index (χ0v) is 12.1. The third-order valence-corrected chi connectivity index (χ3v) is 3.28. The van der Waals surface area contributed by atoms with Crippen LogP contribution in [-0.4, -0.2) is 50.6 Å². The molecule has 22 heavy (non-hydrogen) atoms. The molecule has 0 spiro atoms. The Bertz CT molecular complexity index is 618. The average molecular weight is 314 g/mol. The fourth-order valence-electron chi connectivity index (χ4n) is 2.13. The Morgan fingerprint density at radius 1 is 1.64 bits per heavy atom. The summed E-state index contributed by atoms with van der Waals surface area (Å²) < 4.78 is 6.53. The van der Waals surface area contributed by atoms with Gasteiger partial charge >= 0.3 is 5.69 Å². The first kappa shape index (κ1) is 16.4. The number of carbonyl (C=O) groups is 1. The summed E-state index contributed by atoms with van der Waals surface area (Å²) in [5.74, 6) is -0.407. The Labute approximate surface area is 125 Å². The summed E-state index contributed by atoms with van der Waals surface area (Å²) in [6.07, 6.45) is -2.96. The maximum atomic E-state index is 12.0. The highest BCUT2D eigenvalue weighted by atomic mass is 16.7. The number of anilines is 1. The number of nitrogen functional groups attached to an aromatic ring is 1. The summed E-state index contributed by atoms with van der Waals surface area (Å²) >= 11 is 0. The molecule has 10 heteroatoms. The monoisotopic (exact) mass is 314 g/mol. The van der Waals surface area contributed by atoms with Gasteiger partial charge in [-0.15, -0.1) is 0 Å². The van der Waals surface area contributed by atoms with Gasteiger partial charge in [-0.3, -0.25) is 14.2 Å². The Balaban J connectivity index is 2.35. The van der Waals surface area contributed by atoms with Crippen LogP contribution in [0, 0.1) is 6.92 Å². The molecule has 1 fully saturated rings. The minimum Gasteiger partial charge on any atom is -0.394 e. The van der Waals surface area contributed by atoms with Gasteiger partial charge in [-0.2, -0.15) is 4.98 Å². The van der Waals surface area contributed by atoms with Gasteiger partial charge in [-0.1, -0.05) is 0 Å². The second-order valence-corrected chi connectivity index (χ2v) is 4.98. The van der Waals surface area contributed by atoms with Crippen LogP contribution in [0.25, 0.3) is 0 Å². The van der Waals surface area contributed by atoms with Gasteiger partial charge in [-0.25, -0.2) is 10.3 Å². The SMILES string of the molecule is CC(=O)NOC1C(O)[C@@H](CO)O[C@H]1n1cc(C)c(N)nc1=O. The normalized spacial score (nSPS) is 27.8. The second kappa shape index (κ2) is 6.40. The lowest BCUT2D eigenvalue weighted by Crippen LogP contribution is -2.42. The lowest BCUT2D eigenvalue weighted by Gasteiger charge is -2.22. The first-order chi connectivity index (χ1) is 10.3. The van der Waals surface area contributed by atoms with Crippen LogP contribution in [0.15, 0.2) is 11.0 Å². The minimum absolute atomic E-state index is 0.0813. The number of carbonyl (C=O) groups excluding carboxylic acids is 1. The maximum absolute atomic E-state index is 12.0. The fourth-order valence-corrected chi connectivity index (χ4v) is 2.13. The summed E-state index contributed by atoms with van der Waals surface area (Å²) in [5.41, 5.74) is 7.48. The molecular formula is C12H18N4O6. The molecule has 5 N–H and O–H groups in total. The minimum atomic E-state index is -1.24. The number of aliphatic hydroxyl groups is 2. The van der Waals surface area contributed by atoms with E-state index in [-0.39, 0.29) is 5.82 Å². The number of aromatic nitrogens is 2. The largest absolute Gasteiger partial charge is 0.394 e. The van der Waals surface area contributed by atoms with E-state index in [1.54, 1.807) is 6.92 Å². The lowest BCUT2D eigenvalue weighted by atomic mass is 10.1. The van der Waals surface area contributed by atoms with Gasteiger partial charge in [0.1, 0.15) is 18.0 Å². The molecular weight excluding hydrogens is 296 g/mol. The molecule has 1 aliphatic rings. The number of rotatable bonds is 4. The summed E-state index contributed by atoms with van der Waals surface area (Å²) in [7, 11) is 0. The summed E-state index contributed by atoms with van der Waals surface area (Å²) in [4.78, 5) is 31.7. The smallest absolute Gasteiger partial charge is 0.351 e. The van der Waals surface area contributed by atoms with Crippen molar-refractivity contribution in [2.75, 3.05) is 12.3 Å². The van der Waals surface area contributed by atoms with E-state index in [1.807, 2.05) is 0 Å². The standard InChI is InChI=1S/C12H18N4O6/c1-5-3-16(12(20)14-10(5)13)11-9(22-15-6(2)18)8(19)7(4-17)21-11/h3,7-9,11,17,19H,4H2,1-2H3,(H,15,18)(H2,13,14,20)/t7-,8?,9?,11-/m1/s1. The highest BCUT2D eigenvalue weighted by molar-refractivity contribution is 5.71. The molecule has 1 aliphatic heterocycles. The van der Waals surface area contributed by atoms with Gasteiger partial charge in [0, 0.05) is 18.7 Å². The van der Waals surface area contributed by atoms with Crippen LogP contribution in [0.2, 0.25) is 0 Å². The van der Waals surface area contributed by atoms with Crippen LogP contribution >= 0.6 is 0 Å². The Morgan fingerprint density at radius 2 is 2.32 bits per heavy atom. The first-order valence-electron chi connectivity index (χ1n) is 6.57. The van der Waals surface area contributed by atoms with E-state index in [0.717, 1.165) is 4.57 Å². The fraction of sp³-hybridized carbons (Fsp3) is 0.583. The third-order valence-electron chi connectivity index (χ3n) is 3.28. The third kappa shape index (κ3) is 3.09. The molecule has 1 saturated heterocycles. The molecule has 1 aromatic rings. The number of aryl methyl sites for hydroxylation is 1. The van der Waals surface area contributed by atoms with Crippen LogP contribution in [-0.2, 0) is 14.4 Å². The first-order valence-corrected chi connectivity index (χ1v) is 6.57. The number of aliphatic hydroxyl groups excluding tert-OH is 2. The summed E-state index contributed by atoms with van der Waals surface area (Å²) in [6.45, 7) is 2.40. The summed E-state index contributed by atoms with van der Waals surface area (Å²) in [6, 6.07) is 0. The Hall–Kier alpha value is -2.01. The summed E-state index contributed by atoms with van der Waals surface area (Å²) in [5, 5.41) is 19.3. The Morgan fingerprint density at radius 3 is 2.91 bits per heavy atom. The number of amides is 1. The van der Waals surface area contributed by atoms with Gasteiger partial charge in [0.2, 0.25) is 5.91 Å². The molecule has 122 valence electrons. The number of nitrogens with zero attached hydrogens (tertiary/aromatic N) is 2. The van der Waals surface area contributed by atoms with Crippen molar-refractivity contribution < 1.29 is 24.6 Å². The van der Waals surface area contributed by atoms with E-state index < -0.39 is 42.7 Å². The van der Waals surface area contributed by atoms with Gasteiger partial charge in [0.05, 0.1) is 6.61 Å². The van der Waals surface area contributed by atoms with Gasteiger partial charge in [0.25, 0.3) is 0 Å². The van der Waals surface area contributed by atoms with Crippen molar-refractivity contribution in [3.8, 4) is 0 Å². The van der Waals surface area contributed by atoms with E-state index in [9.17, 15) is 19.8 Å². The molecule has 1 amide bonds. The van der Waals surface area contributed by atoms with Crippen LogP contribution in [0.5, 0.6) is 0 Å².